The highest BCUT2D eigenvalue weighted by Gasteiger charge is 2.23. The van der Waals surface area contributed by atoms with Gasteiger partial charge in [-0.25, -0.2) is 0 Å². The van der Waals surface area contributed by atoms with Crippen LogP contribution in [0.5, 0.6) is 0 Å². The molecule has 0 spiro atoms. The minimum Gasteiger partial charge on any atom is -0.349 e. The highest BCUT2D eigenvalue weighted by atomic mass is 16.1. The molecule has 0 saturated carbocycles. The average molecular weight is 421 g/mol. The van der Waals surface area contributed by atoms with Crippen LogP contribution in [-0.2, 0) is 7.05 Å². The van der Waals surface area contributed by atoms with E-state index in [1.807, 2.05) is 20.2 Å². The molecule has 3 heterocycles. The Hall–Kier alpha value is -2.93. The number of carbonyl (C=O) groups is 1. The summed E-state index contributed by atoms with van der Waals surface area (Å²) in [6.07, 6.45) is 6.91. The smallest absolute Gasteiger partial charge is 0.269 e. The maximum absolute atomic E-state index is 12.9. The Morgan fingerprint density at radius 3 is 2.48 bits per heavy atom. The number of amides is 1. The van der Waals surface area contributed by atoms with E-state index in [9.17, 15) is 4.79 Å². The molecule has 0 aliphatic carbocycles. The molecular formula is C24H32N6O. The lowest BCUT2D eigenvalue weighted by Gasteiger charge is -2.31. The van der Waals surface area contributed by atoms with E-state index in [1.165, 1.54) is 36.8 Å². The van der Waals surface area contributed by atoms with Gasteiger partial charge >= 0.3 is 0 Å². The quantitative estimate of drug-likeness (QED) is 0.636. The van der Waals surface area contributed by atoms with E-state index in [4.69, 9.17) is 0 Å². The summed E-state index contributed by atoms with van der Waals surface area (Å²) in [5.41, 5.74) is 5.53. The van der Waals surface area contributed by atoms with E-state index in [0.29, 0.717) is 12.2 Å². The van der Waals surface area contributed by atoms with Gasteiger partial charge in [0.25, 0.3) is 5.91 Å². The van der Waals surface area contributed by atoms with Crippen molar-refractivity contribution in [3.05, 3.63) is 59.0 Å². The first-order valence-corrected chi connectivity index (χ1v) is 11.2. The van der Waals surface area contributed by atoms with Crippen molar-refractivity contribution in [2.24, 2.45) is 7.05 Å². The van der Waals surface area contributed by atoms with Gasteiger partial charge in [0.1, 0.15) is 5.69 Å². The van der Waals surface area contributed by atoms with Crippen LogP contribution in [0.25, 0.3) is 11.3 Å². The first-order valence-electron chi connectivity index (χ1n) is 11.2. The predicted molar refractivity (Wildman–Crippen MR) is 122 cm³/mol. The number of likely N-dealkylation sites (tertiary alicyclic amines) is 1. The minimum absolute atomic E-state index is 0.132. The number of carbonyl (C=O) groups excluding carboxylic acids is 1. The molecule has 1 aliphatic heterocycles. The third kappa shape index (κ3) is 5.05. The fourth-order valence-electron chi connectivity index (χ4n) is 4.36. The Labute approximate surface area is 183 Å². The third-order valence-electron chi connectivity index (χ3n) is 6.11. The van der Waals surface area contributed by atoms with E-state index in [2.05, 4.69) is 56.7 Å². The fourth-order valence-corrected chi connectivity index (χ4v) is 4.36. The third-order valence-corrected chi connectivity index (χ3v) is 6.11. The first-order chi connectivity index (χ1) is 15.0. The number of benzene rings is 1. The van der Waals surface area contributed by atoms with Gasteiger partial charge in [-0.2, -0.15) is 10.2 Å². The lowest BCUT2D eigenvalue weighted by Crippen LogP contribution is -2.38. The molecular weight excluding hydrogens is 388 g/mol. The van der Waals surface area contributed by atoms with Gasteiger partial charge in [-0.15, -0.1) is 0 Å². The lowest BCUT2D eigenvalue weighted by molar-refractivity contribution is 0.0928. The van der Waals surface area contributed by atoms with Crippen molar-refractivity contribution in [1.29, 1.82) is 0 Å². The van der Waals surface area contributed by atoms with Crippen LogP contribution in [0.15, 0.2) is 36.5 Å². The average Bonchev–Trinajstić information content (AvgIpc) is 3.27. The Kier molecular flexibility index (Phi) is 6.51. The maximum atomic E-state index is 12.9. The zero-order valence-electron chi connectivity index (χ0n) is 18.7. The molecule has 2 N–H and O–H groups in total. The van der Waals surface area contributed by atoms with Crippen LogP contribution in [0, 0.1) is 13.8 Å². The van der Waals surface area contributed by atoms with Crippen molar-refractivity contribution >= 4 is 5.91 Å². The molecule has 1 aliphatic rings. The molecule has 0 radical (unpaired) electrons. The summed E-state index contributed by atoms with van der Waals surface area (Å²) in [5, 5.41) is 14.7. The molecule has 7 nitrogen and oxygen atoms in total. The molecule has 3 aromatic rings. The van der Waals surface area contributed by atoms with Gasteiger partial charge in [0.2, 0.25) is 0 Å². The van der Waals surface area contributed by atoms with Crippen LogP contribution in [0.2, 0.25) is 0 Å². The van der Waals surface area contributed by atoms with Crippen LogP contribution in [0.1, 0.15) is 59.0 Å². The summed E-state index contributed by atoms with van der Waals surface area (Å²) >= 11 is 0. The maximum Gasteiger partial charge on any atom is 0.269 e. The van der Waals surface area contributed by atoms with Gasteiger partial charge in [-0.1, -0.05) is 42.7 Å². The molecule has 0 unspecified atom stereocenters. The fraction of sp³-hybridized carbons (Fsp3) is 0.458. The van der Waals surface area contributed by atoms with Gasteiger partial charge in [0, 0.05) is 25.4 Å². The number of H-pyrrole nitrogens is 1. The Morgan fingerprint density at radius 2 is 1.84 bits per heavy atom. The van der Waals surface area contributed by atoms with Crippen molar-refractivity contribution in [2.75, 3.05) is 19.6 Å². The molecule has 31 heavy (non-hydrogen) atoms. The summed E-state index contributed by atoms with van der Waals surface area (Å²) in [7, 11) is 1.88. The summed E-state index contributed by atoms with van der Waals surface area (Å²) < 4.78 is 1.76. The van der Waals surface area contributed by atoms with Gasteiger partial charge < -0.3 is 5.32 Å². The number of hydrogen-bond donors (Lipinski definition) is 2. The molecule has 1 amide bonds. The molecule has 1 aromatic carbocycles. The van der Waals surface area contributed by atoms with Crippen LogP contribution in [0.3, 0.4) is 0 Å². The van der Waals surface area contributed by atoms with Crippen molar-refractivity contribution < 1.29 is 4.79 Å². The molecule has 4 rings (SSSR count). The standard InChI is InChI=1S/C24H32N6O/c1-17-8-10-19(11-9-17)23(30-12-6-4-5-7-13-30)15-25-24(31)22-14-21(26-27-22)20-16-29(3)28-18(20)2/h8-11,14,16,23H,4-7,12-13,15H2,1-3H3,(H,25,31)(H,26,27)/t23-/m0/s1. The van der Waals surface area contributed by atoms with Crippen molar-refractivity contribution in [2.45, 2.75) is 45.6 Å². The van der Waals surface area contributed by atoms with Crippen LogP contribution >= 0.6 is 0 Å². The second-order valence-electron chi connectivity index (χ2n) is 8.56. The van der Waals surface area contributed by atoms with Gasteiger partial charge in [-0.3, -0.25) is 19.5 Å². The van der Waals surface area contributed by atoms with Gasteiger partial charge in [0.05, 0.1) is 17.4 Å². The topological polar surface area (TPSA) is 78.8 Å². The highest BCUT2D eigenvalue weighted by Crippen LogP contribution is 2.25. The summed E-state index contributed by atoms with van der Waals surface area (Å²) in [5.74, 6) is -0.132. The molecule has 1 saturated heterocycles. The SMILES string of the molecule is Cc1ccc([C@H](CNC(=O)c2cc(-c3cn(C)nc3C)n[nH]2)N2CCCCCC2)cc1. The number of nitrogens with one attached hydrogen (secondary N) is 2. The van der Waals surface area contributed by atoms with E-state index in [-0.39, 0.29) is 11.9 Å². The largest absolute Gasteiger partial charge is 0.349 e. The number of aryl methyl sites for hydroxylation is 3. The van der Waals surface area contributed by atoms with Crippen LogP contribution in [-0.4, -0.2) is 50.4 Å². The summed E-state index contributed by atoms with van der Waals surface area (Å²) in [6, 6.07) is 10.7. The Morgan fingerprint density at radius 1 is 1.13 bits per heavy atom. The molecule has 2 aromatic heterocycles. The molecule has 0 bridgehead atoms. The Balaban J connectivity index is 1.48. The molecule has 1 atom stereocenters. The van der Waals surface area contributed by atoms with Crippen molar-refractivity contribution in [3.63, 3.8) is 0 Å². The van der Waals surface area contributed by atoms with Crippen molar-refractivity contribution in [1.82, 2.24) is 30.2 Å². The predicted octanol–water partition coefficient (Wildman–Crippen LogP) is 3.77. The van der Waals surface area contributed by atoms with E-state index in [0.717, 1.165) is 30.0 Å². The summed E-state index contributed by atoms with van der Waals surface area (Å²) in [4.78, 5) is 15.4. The zero-order chi connectivity index (χ0) is 21.8. The van der Waals surface area contributed by atoms with E-state index >= 15 is 0 Å². The normalized spacial score (nSPS) is 16.1. The molecule has 1 fully saturated rings. The molecule has 7 heteroatoms. The second-order valence-corrected chi connectivity index (χ2v) is 8.56. The highest BCUT2D eigenvalue weighted by molar-refractivity contribution is 5.93. The second kappa shape index (κ2) is 9.47. The number of rotatable bonds is 6. The number of aromatic nitrogens is 4. The lowest BCUT2D eigenvalue weighted by atomic mass is 10.0. The van der Waals surface area contributed by atoms with Gasteiger partial charge in [0.15, 0.2) is 0 Å². The zero-order valence-corrected chi connectivity index (χ0v) is 18.7. The van der Waals surface area contributed by atoms with E-state index in [1.54, 1.807) is 10.7 Å². The monoisotopic (exact) mass is 420 g/mol. The first kappa shape index (κ1) is 21.3. The van der Waals surface area contributed by atoms with Crippen molar-refractivity contribution in [3.8, 4) is 11.3 Å². The van der Waals surface area contributed by atoms with Gasteiger partial charge in [-0.05, 0) is 51.4 Å². The summed E-state index contributed by atoms with van der Waals surface area (Å²) in [6.45, 7) is 6.76. The van der Waals surface area contributed by atoms with Crippen LogP contribution in [0.4, 0.5) is 0 Å². The van der Waals surface area contributed by atoms with E-state index < -0.39 is 0 Å². The minimum atomic E-state index is -0.132. The molecule has 164 valence electrons. The number of nitrogens with zero attached hydrogens (tertiary/aromatic N) is 4. The Bertz CT molecular complexity index is 1010. The number of aromatic amines is 1. The van der Waals surface area contributed by atoms with Crippen LogP contribution < -0.4 is 5.32 Å². The number of hydrogen-bond acceptors (Lipinski definition) is 4.